The highest BCUT2D eigenvalue weighted by atomic mass is 32.5. The lowest BCUT2D eigenvalue weighted by Crippen LogP contribution is -2.30. The van der Waals surface area contributed by atoms with Crippen molar-refractivity contribution in [2.24, 2.45) is 0 Å². The zero-order valence-electron chi connectivity index (χ0n) is 14.4. The molecule has 0 aliphatic rings. The number of nitrogen functional groups attached to an aromatic ring is 1. The molecule has 0 aromatic carbocycles. The number of imidazole rings is 1. The number of anilines is 1. The Labute approximate surface area is 149 Å². The lowest BCUT2D eigenvalue weighted by atomic mass is 10.2. The van der Waals surface area contributed by atoms with Crippen molar-refractivity contribution in [2.75, 3.05) is 12.8 Å². The maximum atomic E-state index is 11.9. The van der Waals surface area contributed by atoms with E-state index in [4.69, 9.17) is 31.3 Å². The van der Waals surface area contributed by atoms with Crippen LogP contribution in [0.4, 0.5) is 5.95 Å². The zero-order chi connectivity index (χ0) is 18.8. The van der Waals surface area contributed by atoms with E-state index in [1.54, 1.807) is 18.4 Å². The van der Waals surface area contributed by atoms with Gasteiger partial charge in [-0.3, -0.25) is 14.3 Å². The van der Waals surface area contributed by atoms with Crippen LogP contribution in [0.2, 0.25) is 0 Å². The Balaban J connectivity index is 2.21. The van der Waals surface area contributed by atoms with Gasteiger partial charge < -0.3 is 24.4 Å². The third kappa shape index (κ3) is 4.63. The Hall–Kier alpha value is -1.36. The van der Waals surface area contributed by atoms with E-state index in [-0.39, 0.29) is 17.6 Å². The minimum atomic E-state index is -3.29. The Bertz CT molecular complexity index is 840. The van der Waals surface area contributed by atoms with Crippen LogP contribution in [-0.4, -0.2) is 43.7 Å². The normalized spacial score (nSPS) is 18.0. The average Bonchev–Trinajstić information content (AvgIpc) is 2.96. The van der Waals surface area contributed by atoms with Crippen molar-refractivity contribution < 1.29 is 18.7 Å². The lowest BCUT2D eigenvalue weighted by molar-refractivity contribution is -0.0881. The quantitative estimate of drug-likeness (QED) is 0.568. The number of nitrogens with two attached hydrogens (primary N) is 1. The second-order valence-electron chi connectivity index (χ2n) is 5.42. The smallest absolute Gasteiger partial charge is 0.324 e. The number of aromatic nitrogens is 4. The number of ether oxygens (including phenoxy) is 1. The number of nitrogens with zero attached hydrogens (tertiary/aromatic N) is 3. The summed E-state index contributed by atoms with van der Waals surface area (Å²) in [5.74, 6) is -0.00346. The van der Waals surface area contributed by atoms with Crippen LogP contribution in [-0.2, 0) is 25.6 Å². The van der Waals surface area contributed by atoms with Gasteiger partial charge in [0.25, 0.3) is 5.56 Å². The van der Waals surface area contributed by atoms with Crippen LogP contribution in [0.15, 0.2) is 11.1 Å². The highest BCUT2D eigenvalue weighted by Gasteiger charge is 2.26. The van der Waals surface area contributed by atoms with E-state index in [0.29, 0.717) is 12.1 Å². The molecule has 0 amide bonds. The molecular formula is C13H22N5O5PS. The largest absolute Gasteiger partial charge is 0.369 e. The van der Waals surface area contributed by atoms with Crippen molar-refractivity contribution in [2.45, 2.75) is 45.6 Å². The van der Waals surface area contributed by atoms with Crippen LogP contribution < -0.4 is 11.3 Å². The van der Waals surface area contributed by atoms with Gasteiger partial charge >= 0.3 is 6.72 Å². The predicted molar refractivity (Wildman–Crippen MR) is 96.5 cm³/mol. The first-order valence-corrected chi connectivity index (χ1v) is 10.2. The van der Waals surface area contributed by atoms with Crippen LogP contribution >= 0.6 is 6.72 Å². The molecule has 4 N–H and O–H groups in total. The molecule has 0 bridgehead atoms. The second kappa shape index (κ2) is 7.90. The zero-order valence-corrected chi connectivity index (χ0v) is 16.1. The Kier molecular flexibility index (Phi) is 6.30. The summed E-state index contributed by atoms with van der Waals surface area (Å²) in [6, 6.07) is 0. The van der Waals surface area contributed by atoms with E-state index < -0.39 is 24.6 Å². The molecule has 0 aliphatic carbocycles. The molecule has 4 atom stereocenters. The standard InChI is InChI=1S/C13H22N5O5PS/c1-5-9(7(2)23-24(20,25)21-4)22-8(3)18-6-15-10-11(18)16-13(14)17-12(10)19/h6-9H,5H2,1-4H3,(H,20,25)(H3,14,16,17,19)/t7?,8?,9-,24?/m0/s1. The number of hydrogen-bond acceptors (Lipinski definition) is 8. The van der Waals surface area contributed by atoms with Gasteiger partial charge in [0.15, 0.2) is 11.2 Å². The molecule has 0 saturated carbocycles. The molecule has 0 aliphatic heterocycles. The van der Waals surface area contributed by atoms with Crippen molar-refractivity contribution in [3.63, 3.8) is 0 Å². The van der Waals surface area contributed by atoms with E-state index in [1.807, 2.05) is 6.92 Å². The lowest BCUT2D eigenvalue weighted by Gasteiger charge is -2.29. The van der Waals surface area contributed by atoms with Gasteiger partial charge in [-0.1, -0.05) is 6.92 Å². The highest BCUT2D eigenvalue weighted by molar-refractivity contribution is 8.07. The van der Waals surface area contributed by atoms with Gasteiger partial charge in [0.1, 0.15) is 6.23 Å². The summed E-state index contributed by atoms with van der Waals surface area (Å²) in [5, 5.41) is 0. The van der Waals surface area contributed by atoms with Crippen LogP contribution in [0.1, 0.15) is 33.4 Å². The molecule has 3 unspecified atom stereocenters. The average molecular weight is 391 g/mol. The number of hydrogen-bond donors (Lipinski definition) is 3. The maximum Gasteiger partial charge on any atom is 0.324 e. The minimum Gasteiger partial charge on any atom is -0.369 e. The fourth-order valence-electron chi connectivity index (χ4n) is 2.39. The van der Waals surface area contributed by atoms with Gasteiger partial charge in [0.2, 0.25) is 5.95 Å². The summed E-state index contributed by atoms with van der Waals surface area (Å²) in [5.41, 5.74) is 5.67. The van der Waals surface area contributed by atoms with Crippen LogP contribution in [0, 0.1) is 0 Å². The monoisotopic (exact) mass is 391 g/mol. The van der Waals surface area contributed by atoms with Crippen molar-refractivity contribution >= 4 is 35.6 Å². The molecule has 0 spiro atoms. The summed E-state index contributed by atoms with van der Waals surface area (Å²) >= 11 is 4.86. The molecule has 0 saturated heterocycles. The molecule has 2 aromatic heterocycles. The number of H-pyrrole nitrogens is 1. The topological polar surface area (TPSA) is 138 Å². The van der Waals surface area contributed by atoms with Crippen molar-refractivity contribution in [3.8, 4) is 0 Å². The molecule has 0 fully saturated rings. The third-order valence-corrected chi connectivity index (χ3v) is 5.44. The van der Waals surface area contributed by atoms with Crippen molar-refractivity contribution in [1.29, 1.82) is 0 Å². The first kappa shape index (κ1) is 20.0. The van der Waals surface area contributed by atoms with Crippen molar-refractivity contribution in [3.05, 3.63) is 16.7 Å². The summed E-state index contributed by atoms with van der Waals surface area (Å²) < 4.78 is 17.8. The SMILES string of the molecule is CC[C@H](OC(C)n1cnc2c(=O)[nH]c(N)nc21)C(C)OP(O)(=S)OC. The Morgan fingerprint density at radius 2 is 2.20 bits per heavy atom. The van der Waals surface area contributed by atoms with Crippen molar-refractivity contribution in [1.82, 2.24) is 19.5 Å². The molecule has 2 rings (SSSR count). The van der Waals surface area contributed by atoms with E-state index in [2.05, 4.69) is 15.0 Å². The first-order valence-electron chi connectivity index (χ1n) is 7.63. The summed E-state index contributed by atoms with van der Waals surface area (Å²) in [6.45, 7) is 2.14. The number of rotatable bonds is 8. The van der Waals surface area contributed by atoms with Gasteiger partial charge in [0, 0.05) is 7.11 Å². The summed E-state index contributed by atoms with van der Waals surface area (Å²) in [7, 11) is 1.29. The number of nitrogens with one attached hydrogen (secondary N) is 1. The Morgan fingerprint density at radius 1 is 1.52 bits per heavy atom. The van der Waals surface area contributed by atoms with Crippen LogP contribution in [0.25, 0.3) is 11.2 Å². The molecule has 140 valence electrons. The van der Waals surface area contributed by atoms with Gasteiger partial charge in [0.05, 0.1) is 18.5 Å². The molecule has 0 radical (unpaired) electrons. The van der Waals surface area contributed by atoms with Gasteiger partial charge in [-0.2, -0.15) is 4.98 Å². The number of fused-ring (bicyclic) bond motifs is 1. The fourth-order valence-corrected chi connectivity index (χ4v) is 3.44. The van der Waals surface area contributed by atoms with Crippen LogP contribution in [0.5, 0.6) is 0 Å². The van der Waals surface area contributed by atoms with E-state index >= 15 is 0 Å². The van der Waals surface area contributed by atoms with Crippen LogP contribution in [0.3, 0.4) is 0 Å². The molecule has 10 nitrogen and oxygen atoms in total. The van der Waals surface area contributed by atoms with E-state index in [0.717, 1.165) is 0 Å². The molecule has 2 aromatic rings. The number of aromatic amines is 1. The third-order valence-electron chi connectivity index (χ3n) is 3.67. The maximum absolute atomic E-state index is 11.9. The van der Waals surface area contributed by atoms with Gasteiger partial charge in [-0.25, -0.2) is 4.98 Å². The summed E-state index contributed by atoms with van der Waals surface area (Å²) in [6.07, 6.45) is 0.679. The molecular weight excluding hydrogens is 369 g/mol. The summed E-state index contributed by atoms with van der Waals surface area (Å²) in [4.78, 5) is 32.2. The highest BCUT2D eigenvalue weighted by Crippen LogP contribution is 2.44. The fraction of sp³-hybridized carbons (Fsp3) is 0.615. The van der Waals surface area contributed by atoms with Gasteiger partial charge in [-0.05, 0) is 32.1 Å². The Morgan fingerprint density at radius 3 is 2.80 bits per heavy atom. The molecule has 12 heteroatoms. The second-order valence-corrected chi connectivity index (χ2v) is 8.32. The van der Waals surface area contributed by atoms with E-state index in [9.17, 15) is 9.69 Å². The minimum absolute atomic E-state index is 0.00346. The first-order chi connectivity index (χ1) is 11.7. The molecule has 25 heavy (non-hydrogen) atoms. The molecule has 2 heterocycles. The van der Waals surface area contributed by atoms with E-state index in [1.165, 1.54) is 13.4 Å². The van der Waals surface area contributed by atoms with Gasteiger partial charge in [-0.15, -0.1) is 0 Å². The predicted octanol–water partition coefficient (Wildman–Crippen LogP) is 1.28.